The minimum atomic E-state index is 0.736. The molecule has 0 atom stereocenters. The third-order valence-electron chi connectivity index (χ3n) is 5.09. The molecule has 0 bridgehead atoms. The number of rotatable bonds is 6. The molecule has 1 aromatic carbocycles. The maximum absolute atomic E-state index is 5.55. The molecule has 1 aliphatic rings. The SMILES string of the molecule is CCN(Cc1ccco1)c1nc(C)nc2c1CCN(Cc1ccccc1)C2. The van der Waals surface area contributed by atoms with Crippen LogP contribution in [0.4, 0.5) is 5.82 Å². The second-order valence-corrected chi connectivity index (χ2v) is 7.06. The zero-order valence-corrected chi connectivity index (χ0v) is 16.1. The smallest absolute Gasteiger partial charge is 0.136 e. The van der Waals surface area contributed by atoms with Gasteiger partial charge in [-0.15, -0.1) is 0 Å². The van der Waals surface area contributed by atoms with Crippen LogP contribution in [0.3, 0.4) is 0 Å². The Hall–Kier alpha value is -2.66. The molecule has 0 saturated carbocycles. The average Bonchev–Trinajstić information content (AvgIpc) is 3.19. The molecule has 0 N–H and O–H groups in total. The number of aromatic nitrogens is 2. The Bertz CT molecular complexity index is 877. The van der Waals surface area contributed by atoms with Gasteiger partial charge < -0.3 is 9.32 Å². The van der Waals surface area contributed by atoms with Gasteiger partial charge in [0, 0.05) is 31.7 Å². The van der Waals surface area contributed by atoms with Gasteiger partial charge in [-0.25, -0.2) is 9.97 Å². The van der Waals surface area contributed by atoms with Gasteiger partial charge in [0.25, 0.3) is 0 Å². The van der Waals surface area contributed by atoms with Crippen molar-refractivity contribution < 1.29 is 4.42 Å². The lowest BCUT2D eigenvalue weighted by Crippen LogP contribution is -2.34. The standard InChI is InChI=1S/C22H26N4O/c1-3-26(15-19-10-7-13-27-19)22-20-11-12-25(14-18-8-5-4-6-9-18)16-21(20)23-17(2)24-22/h4-10,13H,3,11-12,14-16H2,1-2H3. The van der Waals surface area contributed by atoms with Gasteiger partial charge >= 0.3 is 0 Å². The lowest BCUT2D eigenvalue weighted by molar-refractivity contribution is 0.241. The number of benzene rings is 1. The van der Waals surface area contributed by atoms with Gasteiger partial charge in [-0.05, 0) is 38.0 Å². The van der Waals surface area contributed by atoms with Gasteiger partial charge in [-0.2, -0.15) is 0 Å². The predicted molar refractivity (Wildman–Crippen MR) is 106 cm³/mol. The molecule has 0 saturated heterocycles. The fourth-order valence-electron chi connectivity index (χ4n) is 3.75. The molecule has 4 rings (SSSR count). The molecule has 3 aromatic rings. The lowest BCUT2D eigenvalue weighted by Gasteiger charge is -2.32. The zero-order valence-electron chi connectivity index (χ0n) is 16.1. The Balaban J connectivity index is 1.57. The van der Waals surface area contributed by atoms with Gasteiger partial charge in [-0.1, -0.05) is 30.3 Å². The molecule has 5 nitrogen and oxygen atoms in total. The summed E-state index contributed by atoms with van der Waals surface area (Å²) in [5.41, 5.74) is 3.80. The lowest BCUT2D eigenvalue weighted by atomic mass is 10.0. The van der Waals surface area contributed by atoms with Crippen molar-refractivity contribution in [3.05, 3.63) is 77.1 Å². The van der Waals surface area contributed by atoms with Crippen LogP contribution in [0.5, 0.6) is 0 Å². The number of hydrogen-bond acceptors (Lipinski definition) is 5. The van der Waals surface area contributed by atoms with Crippen LogP contribution >= 0.6 is 0 Å². The van der Waals surface area contributed by atoms with Gasteiger partial charge in [-0.3, -0.25) is 4.90 Å². The summed E-state index contributed by atoms with van der Waals surface area (Å²) in [5, 5.41) is 0. The molecule has 27 heavy (non-hydrogen) atoms. The molecule has 2 aromatic heterocycles. The first-order chi connectivity index (χ1) is 13.2. The van der Waals surface area contributed by atoms with Gasteiger partial charge in [0.05, 0.1) is 18.5 Å². The molecule has 5 heteroatoms. The van der Waals surface area contributed by atoms with Crippen molar-refractivity contribution in [2.24, 2.45) is 0 Å². The third kappa shape index (κ3) is 4.03. The highest BCUT2D eigenvalue weighted by Crippen LogP contribution is 2.28. The topological polar surface area (TPSA) is 45.4 Å². The number of nitrogens with zero attached hydrogens (tertiary/aromatic N) is 4. The van der Waals surface area contributed by atoms with E-state index in [4.69, 9.17) is 14.4 Å². The van der Waals surface area contributed by atoms with E-state index in [-0.39, 0.29) is 0 Å². The van der Waals surface area contributed by atoms with Crippen LogP contribution < -0.4 is 4.90 Å². The van der Waals surface area contributed by atoms with E-state index in [1.165, 1.54) is 11.1 Å². The molecule has 0 unspecified atom stereocenters. The molecule has 0 fully saturated rings. The third-order valence-corrected chi connectivity index (χ3v) is 5.09. The van der Waals surface area contributed by atoms with Crippen molar-refractivity contribution in [1.82, 2.24) is 14.9 Å². The minimum absolute atomic E-state index is 0.736. The summed E-state index contributed by atoms with van der Waals surface area (Å²) < 4.78 is 5.55. The van der Waals surface area contributed by atoms with Crippen molar-refractivity contribution >= 4 is 5.82 Å². The maximum Gasteiger partial charge on any atom is 0.136 e. The monoisotopic (exact) mass is 362 g/mol. The highest BCUT2D eigenvalue weighted by atomic mass is 16.3. The van der Waals surface area contributed by atoms with E-state index in [2.05, 4.69) is 47.1 Å². The summed E-state index contributed by atoms with van der Waals surface area (Å²) in [6.45, 7) is 8.64. The normalized spacial score (nSPS) is 14.1. The summed E-state index contributed by atoms with van der Waals surface area (Å²) in [5.74, 6) is 2.86. The van der Waals surface area contributed by atoms with Crippen molar-refractivity contribution in [2.75, 3.05) is 18.0 Å². The summed E-state index contributed by atoms with van der Waals surface area (Å²) >= 11 is 0. The molecule has 140 valence electrons. The van der Waals surface area contributed by atoms with Gasteiger partial charge in [0.2, 0.25) is 0 Å². The van der Waals surface area contributed by atoms with Gasteiger partial charge in [0.1, 0.15) is 17.4 Å². The van der Waals surface area contributed by atoms with E-state index < -0.39 is 0 Å². The second-order valence-electron chi connectivity index (χ2n) is 7.06. The van der Waals surface area contributed by atoms with Crippen LogP contribution in [0.2, 0.25) is 0 Å². The first kappa shape index (κ1) is 17.7. The molecule has 1 aliphatic heterocycles. The van der Waals surface area contributed by atoms with Crippen LogP contribution in [0.1, 0.15) is 35.3 Å². The number of anilines is 1. The van der Waals surface area contributed by atoms with E-state index in [0.29, 0.717) is 0 Å². The van der Waals surface area contributed by atoms with Crippen molar-refractivity contribution in [2.45, 2.75) is 39.9 Å². The fourth-order valence-corrected chi connectivity index (χ4v) is 3.75. The summed E-state index contributed by atoms with van der Waals surface area (Å²) in [4.78, 5) is 14.3. The molecule has 0 amide bonds. The van der Waals surface area contributed by atoms with Crippen molar-refractivity contribution in [3.8, 4) is 0 Å². The van der Waals surface area contributed by atoms with Crippen LogP contribution in [0, 0.1) is 6.92 Å². The molecule has 0 radical (unpaired) electrons. The quantitative estimate of drug-likeness (QED) is 0.664. The summed E-state index contributed by atoms with van der Waals surface area (Å²) in [6, 6.07) is 14.6. The first-order valence-corrected chi connectivity index (χ1v) is 9.63. The van der Waals surface area contributed by atoms with Crippen LogP contribution in [-0.2, 0) is 26.1 Å². The maximum atomic E-state index is 5.55. The first-order valence-electron chi connectivity index (χ1n) is 9.63. The average molecular weight is 362 g/mol. The van der Waals surface area contributed by atoms with Gasteiger partial charge in [0.15, 0.2) is 0 Å². The highest BCUT2D eigenvalue weighted by molar-refractivity contribution is 5.50. The molecule has 3 heterocycles. The molecular formula is C22H26N4O. The Kier molecular flexibility index (Phi) is 5.21. The molecular weight excluding hydrogens is 336 g/mol. The highest BCUT2D eigenvalue weighted by Gasteiger charge is 2.24. The predicted octanol–water partition coefficient (Wildman–Crippen LogP) is 3.96. The Morgan fingerprint density at radius 1 is 1.11 bits per heavy atom. The van der Waals surface area contributed by atoms with E-state index in [1.807, 2.05) is 19.1 Å². The van der Waals surface area contributed by atoms with Crippen LogP contribution in [-0.4, -0.2) is 28.0 Å². The molecule has 0 spiro atoms. The van der Waals surface area contributed by atoms with Crippen molar-refractivity contribution in [1.29, 1.82) is 0 Å². The minimum Gasteiger partial charge on any atom is -0.467 e. The van der Waals surface area contributed by atoms with E-state index in [1.54, 1.807) is 6.26 Å². The Morgan fingerprint density at radius 3 is 2.70 bits per heavy atom. The van der Waals surface area contributed by atoms with E-state index >= 15 is 0 Å². The number of fused-ring (bicyclic) bond motifs is 1. The summed E-state index contributed by atoms with van der Waals surface area (Å²) in [6.07, 6.45) is 2.71. The summed E-state index contributed by atoms with van der Waals surface area (Å²) in [7, 11) is 0. The van der Waals surface area contributed by atoms with Crippen LogP contribution in [0.25, 0.3) is 0 Å². The number of hydrogen-bond donors (Lipinski definition) is 0. The van der Waals surface area contributed by atoms with Crippen molar-refractivity contribution in [3.63, 3.8) is 0 Å². The molecule has 0 aliphatic carbocycles. The van der Waals surface area contributed by atoms with E-state index in [0.717, 1.165) is 62.2 Å². The van der Waals surface area contributed by atoms with E-state index in [9.17, 15) is 0 Å². The fraction of sp³-hybridized carbons (Fsp3) is 0.364. The Morgan fingerprint density at radius 2 is 1.96 bits per heavy atom. The Labute approximate surface area is 160 Å². The second kappa shape index (κ2) is 7.92. The van der Waals surface area contributed by atoms with Crippen LogP contribution in [0.15, 0.2) is 53.1 Å². The number of furan rings is 1. The largest absolute Gasteiger partial charge is 0.467 e. The number of aryl methyl sites for hydroxylation is 1. The zero-order chi connectivity index (χ0) is 18.6.